The summed E-state index contributed by atoms with van der Waals surface area (Å²) in [7, 11) is 0. The zero-order valence-corrected chi connectivity index (χ0v) is 15.5. The minimum Gasteiger partial charge on any atom is -0.354 e. The highest BCUT2D eigenvalue weighted by atomic mass is 16.2. The van der Waals surface area contributed by atoms with Crippen molar-refractivity contribution in [3.05, 3.63) is 83.2 Å². The zero-order chi connectivity index (χ0) is 19.4. The van der Waals surface area contributed by atoms with Gasteiger partial charge in [-0.25, -0.2) is 4.98 Å². The quantitative estimate of drug-likeness (QED) is 0.636. The van der Waals surface area contributed by atoms with Gasteiger partial charge in [0.25, 0.3) is 5.91 Å². The Hall–Kier alpha value is -3.47. The topological polar surface area (TPSA) is 71.1 Å². The molecule has 5 nitrogen and oxygen atoms in total. The van der Waals surface area contributed by atoms with Crippen LogP contribution in [-0.4, -0.2) is 16.7 Å². The largest absolute Gasteiger partial charge is 0.354 e. The number of amides is 1. The molecule has 0 saturated heterocycles. The second-order valence-electron chi connectivity index (χ2n) is 6.52. The minimum atomic E-state index is -0.325. The number of nitrogens with zero attached hydrogens (tertiary/aromatic N) is 1. The molecule has 3 aromatic rings. The van der Waals surface area contributed by atoms with E-state index in [-0.39, 0.29) is 11.7 Å². The highest BCUT2D eigenvalue weighted by Gasteiger charge is 2.09. The molecule has 1 aromatic heterocycles. The number of benzene rings is 2. The first kappa shape index (κ1) is 18.3. The standard InChI is InChI=1S/C22H21N3O2/c1-14-9-15(2)11-20(10-14)24-19-7-8-21(23-13-19)22(27)25-18-6-4-5-17(12-18)16(3)26/h4-13,24H,1-3H3,(H,25,27). The number of Topliss-reactive ketones (excluding diaryl/α,β-unsaturated/α-hetero) is 1. The summed E-state index contributed by atoms with van der Waals surface area (Å²) in [4.78, 5) is 28.1. The Morgan fingerprint density at radius 1 is 0.852 bits per heavy atom. The molecule has 0 spiro atoms. The van der Waals surface area contributed by atoms with Crippen LogP contribution in [0.25, 0.3) is 0 Å². The molecule has 0 unspecified atom stereocenters. The maximum Gasteiger partial charge on any atom is 0.274 e. The summed E-state index contributed by atoms with van der Waals surface area (Å²) in [5.41, 5.74) is 5.54. The summed E-state index contributed by atoms with van der Waals surface area (Å²) in [5.74, 6) is -0.375. The lowest BCUT2D eigenvalue weighted by Gasteiger charge is -2.09. The molecule has 0 aliphatic rings. The number of hydrogen-bond donors (Lipinski definition) is 2. The van der Waals surface area contributed by atoms with Gasteiger partial charge in [-0.2, -0.15) is 0 Å². The van der Waals surface area contributed by atoms with Gasteiger partial charge in [0.15, 0.2) is 5.78 Å². The highest BCUT2D eigenvalue weighted by Crippen LogP contribution is 2.19. The third-order valence-electron chi connectivity index (χ3n) is 4.03. The van der Waals surface area contributed by atoms with Crippen LogP contribution in [0.4, 0.5) is 17.1 Å². The van der Waals surface area contributed by atoms with E-state index in [1.165, 1.54) is 18.1 Å². The molecule has 0 aliphatic heterocycles. The van der Waals surface area contributed by atoms with Crippen LogP contribution in [0.2, 0.25) is 0 Å². The lowest BCUT2D eigenvalue weighted by Crippen LogP contribution is -2.14. The average Bonchev–Trinajstić information content (AvgIpc) is 2.61. The molecule has 0 fully saturated rings. The van der Waals surface area contributed by atoms with Gasteiger partial charge >= 0.3 is 0 Å². The Morgan fingerprint density at radius 3 is 2.22 bits per heavy atom. The lowest BCUT2D eigenvalue weighted by molar-refractivity contribution is 0.100. The van der Waals surface area contributed by atoms with E-state index in [2.05, 4.69) is 33.8 Å². The molecule has 0 atom stereocenters. The van der Waals surface area contributed by atoms with Crippen molar-refractivity contribution in [3.8, 4) is 0 Å². The van der Waals surface area contributed by atoms with Crippen molar-refractivity contribution in [2.24, 2.45) is 0 Å². The van der Waals surface area contributed by atoms with Crippen molar-refractivity contribution >= 4 is 28.8 Å². The highest BCUT2D eigenvalue weighted by molar-refractivity contribution is 6.04. The fraction of sp³-hybridized carbons (Fsp3) is 0.136. The van der Waals surface area contributed by atoms with Crippen LogP contribution < -0.4 is 10.6 Å². The number of aryl methyl sites for hydroxylation is 2. The van der Waals surface area contributed by atoms with Gasteiger partial charge in [0, 0.05) is 16.9 Å². The van der Waals surface area contributed by atoms with E-state index in [9.17, 15) is 9.59 Å². The third-order valence-corrected chi connectivity index (χ3v) is 4.03. The lowest BCUT2D eigenvalue weighted by atomic mass is 10.1. The Kier molecular flexibility index (Phi) is 5.31. The van der Waals surface area contributed by atoms with Gasteiger partial charge < -0.3 is 10.6 Å². The van der Waals surface area contributed by atoms with E-state index in [1.807, 2.05) is 19.9 Å². The van der Waals surface area contributed by atoms with Gasteiger partial charge in [-0.15, -0.1) is 0 Å². The van der Waals surface area contributed by atoms with Crippen LogP contribution in [0.1, 0.15) is 38.9 Å². The van der Waals surface area contributed by atoms with Crippen LogP contribution in [0, 0.1) is 13.8 Å². The fourth-order valence-electron chi connectivity index (χ4n) is 2.83. The second kappa shape index (κ2) is 7.83. The number of anilines is 3. The summed E-state index contributed by atoms with van der Waals surface area (Å²) in [6.07, 6.45) is 1.62. The molecule has 5 heteroatoms. The normalized spacial score (nSPS) is 10.3. The van der Waals surface area contributed by atoms with E-state index >= 15 is 0 Å². The molecule has 0 bridgehead atoms. The molecule has 1 amide bonds. The summed E-state index contributed by atoms with van der Waals surface area (Å²) in [6, 6.07) is 16.5. The van der Waals surface area contributed by atoms with E-state index in [1.54, 1.807) is 36.5 Å². The second-order valence-corrected chi connectivity index (χ2v) is 6.52. The zero-order valence-electron chi connectivity index (χ0n) is 15.5. The molecule has 2 aromatic carbocycles. The number of carbonyl (C=O) groups excluding carboxylic acids is 2. The van der Waals surface area contributed by atoms with Gasteiger partial charge in [-0.1, -0.05) is 18.2 Å². The molecular formula is C22H21N3O2. The molecule has 27 heavy (non-hydrogen) atoms. The third kappa shape index (κ3) is 4.79. The number of hydrogen-bond acceptors (Lipinski definition) is 4. The van der Waals surface area contributed by atoms with Crippen molar-refractivity contribution in [2.45, 2.75) is 20.8 Å². The predicted octanol–water partition coefficient (Wildman–Crippen LogP) is 4.90. The molecule has 1 heterocycles. The van der Waals surface area contributed by atoms with Crippen LogP contribution >= 0.6 is 0 Å². The van der Waals surface area contributed by atoms with E-state index in [4.69, 9.17) is 0 Å². The number of carbonyl (C=O) groups is 2. The number of pyridine rings is 1. The Morgan fingerprint density at radius 2 is 1.59 bits per heavy atom. The first-order chi connectivity index (χ1) is 12.9. The van der Waals surface area contributed by atoms with Crippen LogP contribution in [-0.2, 0) is 0 Å². The van der Waals surface area contributed by atoms with E-state index in [0.29, 0.717) is 16.9 Å². The van der Waals surface area contributed by atoms with Crippen molar-refractivity contribution in [2.75, 3.05) is 10.6 Å². The molecule has 0 radical (unpaired) electrons. The van der Waals surface area contributed by atoms with E-state index in [0.717, 1.165) is 11.4 Å². The van der Waals surface area contributed by atoms with Crippen LogP contribution in [0.15, 0.2) is 60.8 Å². The van der Waals surface area contributed by atoms with Crippen molar-refractivity contribution in [1.82, 2.24) is 4.98 Å². The smallest absolute Gasteiger partial charge is 0.274 e. The maximum atomic E-state index is 12.4. The van der Waals surface area contributed by atoms with E-state index < -0.39 is 0 Å². The number of aromatic nitrogens is 1. The monoisotopic (exact) mass is 359 g/mol. The SMILES string of the molecule is CC(=O)c1cccc(NC(=O)c2ccc(Nc3cc(C)cc(C)c3)cn2)c1. The molecule has 136 valence electrons. The Balaban J connectivity index is 1.70. The van der Waals surface area contributed by atoms with Gasteiger partial charge in [0.2, 0.25) is 0 Å². The summed E-state index contributed by atoms with van der Waals surface area (Å²) in [6.45, 7) is 5.58. The van der Waals surface area contributed by atoms with Crippen LogP contribution in [0.3, 0.4) is 0 Å². The first-order valence-corrected chi connectivity index (χ1v) is 8.64. The molecule has 0 saturated carbocycles. The summed E-state index contributed by atoms with van der Waals surface area (Å²) in [5, 5.41) is 6.05. The first-order valence-electron chi connectivity index (χ1n) is 8.64. The molecule has 0 aliphatic carbocycles. The van der Waals surface area contributed by atoms with Crippen LogP contribution in [0.5, 0.6) is 0 Å². The van der Waals surface area contributed by atoms with Gasteiger partial charge in [0.05, 0.1) is 11.9 Å². The maximum absolute atomic E-state index is 12.4. The molecular weight excluding hydrogens is 338 g/mol. The molecule has 2 N–H and O–H groups in total. The van der Waals surface area contributed by atoms with Gasteiger partial charge in [-0.05, 0) is 68.3 Å². The Bertz CT molecular complexity index is 974. The Labute approximate surface area is 158 Å². The van der Waals surface area contributed by atoms with Crippen molar-refractivity contribution in [1.29, 1.82) is 0 Å². The molecule has 3 rings (SSSR count). The number of nitrogens with one attached hydrogen (secondary N) is 2. The van der Waals surface area contributed by atoms with Crippen molar-refractivity contribution < 1.29 is 9.59 Å². The average molecular weight is 359 g/mol. The fourth-order valence-corrected chi connectivity index (χ4v) is 2.83. The predicted molar refractivity (Wildman–Crippen MR) is 108 cm³/mol. The minimum absolute atomic E-state index is 0.0500. The van der Waals surface area contributed by atoms with Gasteiger partial charge in [0.1, 0.15) is 5.69 Å². The number of ketones is 1. The van der Waals surface area contributed by atoms with Gasteiger partial charge in [-0.3, -0.25) is 9.59 Å². The summed E-state index contributed by atoms with van der Waals surface area (Å²) >= 11 is 0. The van der Waals surface area contributed by atoms with Crippen molar-refractivity contribution in [3.63, 3.8) is 0 Å². The number of rotatable bonds is 5. The summed E-state index contributed by atoms with van der Waals surface area (Å²) < 4.78 is 0.